The van der Waals surface area contributed by atoms with E-state index in [9.17, 15) is 18.7 Å². The molecule has 0 bridgehead atoms. The van der Waals surface area contributed by atoms with Gasteiger partial charge in [-0.3, -0.25) is 4.79 Å². The molecule has 2 aromatic rings. The molecule has 0 aliphatic heterocycles. The summed E-state index contributed by atoms with van der Waals surface area (Å²) in [5, 5.41) is 9.19. The minimum Gasteiger partial charge on any atom is -0.468 e. The van der Waals surface area contributed by atoms with Crippen LogP contribution >= 0.6 is 0 Å². The Kier molecular flexibility index (Phi) is 5.45. The number of halogens is 2. The fourth-order valence-electron chi connectivity index (χ4n) is 2.78. The highest BCUT2D eigenvalue weighted by Gasteiger charge is 2.42. The normalized spacial score (nSPS) is 11.3. The zero-order valence-electron chi connectivity index (χ0n) is 12.8. The van der Waals surface area contributed by atoms with Crippen molar-refractivity contribution in [3.63, 3.8) is 0 Å². The Morgan fingerprint density at radius 2 is 1.43 bits per heavy atom. The summed E-state index contributed by atoms with van der Waals surface area (Å²) in [6, 6.07) is 11.1. The van der Waals surface area contributed by atoms with Crippen molar-refractivity contribution in [3.05, 3.63) is 71.3 Å². The number of methoxy groups -OCH3 is 1. The van der Waals surface area contributed by atoms with Crippen LogP contribution in [-0.2, 0) is 14.9 Å². The van der Waals surface area contributed by atoms with Crippen LogP contribution in [0.5, 0.6) is 0 Å². The summed E-state index contributed by atoms with van der Waals surface area (Å²) in [7, 11) is 1.27. The van der Waals surface area contributed by atoms with Crippen molar-refractivity contribution in [2.24, 2.45) is 0 Å². The smallest absolute Gasteiger partial charge is 0.320 e. The molecule has 0 fully saturated rings. The van der Waals surface area contributed by atoms with Crippen LogP contribution in [0.4, 0.5) is 8.78 Å². The van der Waals surface area contributed by atoms with E-state index in [1.54, 1.807) is 0 Å². The van der Waals surface area contributed by atoms with Crippen LogP contribution < -0.4 is 0 Å². The molecule has 0 saturated heterocycles. The standard InChI is InChI=1S/C18H18F2O3/c1-23-17(22)18(11-2-12-21,13-3-7-15(19)8-4-13)14-5-9-16(20)10-6-14/h3-10,21H,2,11-12H2,1H3. The summed E-state index contributed by atoms with van der Waals surface area (Å²) >= 11 is 0. The maximum Gasteiger partial charge on any atom is 0.320 e. The van der Waals surface area contributed by atoms with E-state index < -0.39 is 23.0 Å². The molecule has 0 aliphatic carbocycles. The Morgan fingerprint density at radius 3 is 1.78 bits per heavy atom. The van der Waals surface area contributed by atoms with Crippen LogP contribution in [0.3, 0.4) is 0 Å². The number of hydrogen-bond donors (Lipinski definition) is 1. The summed E-state index contributed by atoms with van der Waals surface area (Å²) in [6.07, 6.45) is 0.595. The minimum atomic E-state index is -1.22. The highest BCUT2D eigenvalue weighted by Crippen LogP contribution is 2.38. The average Bonchev–Trinajstić information content (AvgIpc) is 2.57. The fraction of sp³-hybridized carbons (Fsp3) is 0.278. The highest BCUT2D eigenvalue weighted by molar-refractivity contribution is 5.87. The summed E-state index contributed by atoms with van der Waals surface area (Å²) in [4.78, 5) is 12.6. The van der Waals surface area contributed by atoms with Gasteiger partial charge in [0.15, 0.2) is 0 Å². The second kappa shape index (κ2) is 7.33. The van der Waals surface area contributed by atoms with Gasteiger partial charge in [0.25, 0.3) is 0 Å². The van der Waals surface area contributed by atoms with Gasteiger partial charge in [0.05, 0.1) is 7.11 Å². The topological polar surface area (TPSA) is 46.5 Å². The third-order valence-electron chi connectivity index (χ3n) is 3.92. The van der Waals surface area contributed by atoms with Crippen LogP contribution in [0, 0.1) is 11.6 Å². The molecule has 5 heteroatoms. The quantitative estimate of drug-likeness (QED) is 0.832. The van der Waals surface area contributed by atoms with Crippen molar-refractivity contribution in [1.29, 1.82) is 0 Å². The third-order valence-corrected chi connectivity index (χ3v) is 3.92. The van der Waals surface area contributed by atoms with Gasteiger partial charge < -0.3 is 9.84 Å². The molecule has 3 nitrogen and oxygen atoms in total. The minimum absolute atomic E-state index is 0.110. The van der Waals surface area contributed by atoms with Gasteiger partial charge in [0.2, 0.25) is 0 Å². The van der Waals surface area contributed by atoms with Gasteiger partial charge in [-0.05, 0) is 48.2 Å². The molecule has 0 unspecified atom stereocenters. The van der Waals surface area contributed by atoms with E-state index in [1.807, 2.05) is 0 Å². The first-order valence-electron chi connectivity index (χ1n) is 7.26. The lowest BCUT2D eigenvalue weighted by Crippen LogP contribution is -2.38. The summed E-state index contributed by atoms with van der Waals surface area (Å²) in [5.41, 5.74) is -0.157. The molecule has 0 atom stereocenters. The monoisotopic (exact) mass is 320 g/mol. The lowest BCUT2D eigenvalue weighted by atomic mass is 9.71. The fourth-order valence-corrected chi connectivity index (χ4v) is 2.78. The first-order chi connectivity index (χ1) is 11.0. The lowest BCUT2D eigenvalue weighted by molar-refractivity contribution is -0.146. The van der Waals surface area contributed by atoms with Crippen molar-refractivity contribution in [1.82, 2.24) is 0 Å². The van der Waals surface area contributed by atoms with E-state index in [4.69, 9.17) is 4.74 Å². The van der Waals surface area contributed by atoms with E-state index in [0.717, 1.165) is 0 Å². The van der Waals surface area contributed by atoms with E-state index in [-0.39, 0.29) is 13.0 Å². The molecular formula is C18H18F2O3. The SMILES string of the molecule is COC(=O)C(CCCO)(c1ccc(F)cc1)c1ccc(F)cc1. The predicted molar refractivity (Wildman–Crippen MR) is 81.9 cm³/mol. The molecule has 23 heavy (non-hydrogen) atoms. The van der Waals surface area contributed by atoms with Crippen molar-refractivity contribution in [2.75, 3.05) is 13.7 Å². The number of esters is 1. The third kappa shape index (κ3) is 3.40. The number of carbonyl (C=O) groups is 1. The average molecular weight is 320 g/mol. The first kappa shape index (κ1) is 17.1. The van der Waals surface area contributed by atoms with Crippen molar-refractivity contribution < 1.29 is 23.4 Å². The molecule has 1 N–H and O–H groups in total. The molecule has 0 spiro atoms. The molecule has 0 amide bonds. The number of hydrogen-bond acceptors (Lipinski definition) is 3. The van der Waals surface area contributed by atoms with E-state index in [0.29, 0.717) is 17.5 Å². The van der Waals surface area contributed by atoms with Crippen LogP contribution in [0.1, 0.15) is 24.0 Å². The molecule has 2 aromatic carbocycles. The second-order valence-electron chi connectivity index (χ2n) is 5.24. The summed E-state index contributed by atoms with van der Waals surface area (Å²) in [6.45, 7) is -0.110. The van der Waals surface area contributed by atoms with Crippen LogP contribution in [0.25, 0.3) is 0 Å². The zero-order chi connectivity index (χ0) is 16.9. The first-order valence-corrected chi connectivity index (χ1v) is 7.26. The van der Waals surface area contributed by atoms with Crippen molar-refractivity contribution >= 4 is 5.97 Å². The van der Waals surface area contributed by atoms with E-state index >= 15 is 0 Å². The van der Waals surface area contributed by atoms with Gasteiger partial charge in [0.1, 0.15) is 17.0 Å². The number of benzene rings is 2. The number of rotatable bonds is 6. The van der Waals surface area contributed by atoms with Crippen molar-refractivity contribution in [3.8, 4) is 0 Å². The molecule has 0 aromatic heterocycles. The van der Waals surface area contributed by atoms with Crippen LogP contribution in [0.2, 0.25) is 0 Å². The Hall–Kier alpha value is -2.27. The van der Waals surface area contributed by atoms with Crippen molar-refractivity contribution in [2.45, 2.75) is 18.3 Å². The van der Waals surface area contributed by atoms with Gasteiger partial charge in [-0.15, -0.1) is 0 Å². The molecule has 0 saturated carbocycles. The van der Waals surface area contributed by atoms with Gasteiger partial charge >= 0.3 is 5.97 Å². The number of carbonyl (C=O) groups excluding carboxylic acids is 1. The van der Waals surface area contributed by atoms with E-state index in [2.05, 4.69) is 0 Å². The number of aliphatic hydroxyl groups excluding tert-OH is 1. The molecule has 2 rings (SSSR count). The Labute approximate surface area is 133 Å². The van der Waals surface area contributed by atoms with E-state index in [1.165, 1.54) is 55.6 Å². The molecule has 0 aliphatic rings. The van der Waals surface area contributed by atoms with Crippen LogP contribution in [0.15, 0.2) is 48.5 Å². The number of ether oxygens (including phenoxy) is 1. The molecular weight excluding hydrogens is 302 g/mol. The van der Waals surface area contributed by atoms with Gasteiger partial charge in [-0.25, -0.2) is 8.78 Å². The highest BCUT2D eigenvalue weighted by atomic mass is 19.1. The predicted octanol–water partition coefficient (Wildman–Crippen LogP) is 3.20. The van der Waals surface area contributed by atoms with Gasteiger partial charge in [-0.1, -0.05) is 24.3 Å². The molecule has 0 heterocycles. The maximum absolute atomic E-state index is 13.3. The molecule has 122 valence electrons. The number of aliphatic hydroxyl groups is 1. The zero-order valence-corrected chi connectivity index (χ0v) is 12.8. The van der Waals surface area contributed by atoms with Gasteiger partial charge in [-0.2, -0.15) is 0 Å². The van der Waals surface area contributed by atoms with Gasteiger partial charge in [0, 0.05) is 6.61 Å². The Bertz CT molecular complexity index is 605. The lowest BCUT2D eigenvalue weighted by Gasteiger charge is -2.32. The van der Waals surface area contributed by atoms with Crippen LogP contribution in [-0.4, -0.2) is 24.8 Å². The largest absolute Gasteiger partial charge is 0.468 e. The maximum atomic E-state index is 13.3. The Morgan fingerprint density at radius 1 is 1.00 bits per heavy atom. The molecule has 0 radical (unpaired) electrons. The summed E-state index contributed by atoms with van der Waals surface area (Å²) in [5.74, 6) is -1.38. The summed E-state index contributed by atoms with van der Waals surface area (Å²) < 4.78 is 31.5. The second-order valence-corrected chi connectivity index (χ2v) is 5.24. The Balaban J connectivity index is 2.65.